The summed E-state index contributed by atoms with van der Waals surface area (Å²) in [7, 11) is 0. The Bertz CT molecular complexity index is 1330. The topological polar surface area (TPSA) is 95.9 Å². The second-order valence-electron chi connectivity index (χ2n) is 11.0. The van der Waals surface area contributed by atoms with E-state index in [-0.39, 0.29) is 18.1 Å². The van der Waals surface area contributed by atoms with E-state index in [1.807, 2.05) is 13.0 Å². The van der Waals surface area contributed by atoms with Crippen LogP contribution in [0.1, 0.15) is 56.9 Å². The Morgan fingerprint density at radius 1 is 1.05 bits per heavy atom. The van der Waals surface area contributed by atoms with E-state index in [0.29, 0.717) is 11.9 Å². The highest BCUT2D eigenvalue weighted by atomic mass is 32.1. The maximum Gasteiger partial charge on any atom is 0.224 e. The van der Waals surface area contributed by atoms with Crippen molar-refractivity contribution in [3.63, 3.8) is 0 Å². The van der Waals surface area contributed by atoms with Crippen molar-refractivity contribution < 1.29 is 5.11 Å². The molecule has 1 fully saturated rings. The van der Waals surface area contributed by atoms with Crippen LogP contribution in [-0.4, -0.2) is 44.2 Å². The average molecular weight is 517 g/mol. The molecule has 0 radical (unpaired) electrons. The largest absolute Gasteiger partial charge is 0.396 e. The van der Waals surface area contributed by atoms with Gasteiger partial charge < -0.3 is 15.7 Å². The van der Waals surface area contributed by atoms with Gasteiger partial charge in [-0.2, -0.15) is 4.98 Å². The highest BCUT2D eigenvalue weighted by Crippen LogP contribution is 2.37. The Kier molecular flexibility index (Phi) is 7.40. The fourth-order valence-electron chi connectivity index (χ4n) is 4.95. The van der Waals surface area contributed by atoms with Gasteiger partial charge in [0.15, 0.2) is 0 Å². The minimum Gasteiger partial charge on any atom is -0.396 e. The van der Waals surface area contributed by atoms with E-state index in [2.05, 4.69) is 60.7 Å². The highest BCUT2D eigenvalue weighted by molar-refractivity contribution is 7.21. The number of aromatic nitrogens is 4. The number of thiazole rings is 1. The molecule has 3 N–H and O–H groups in total. The zero-order valence-corrected chi connectivity index (χ0v) is 22.9. The minimum absolute atomic E-state index is 0.156. The van der Waals surface area contributed by atoms with Crippen molar-refractivity contribution in [3.8, 4) is 10.6 Å². The number of nitrogens with one attached hydrogen (secondary N) is 2. The molecular formula is C29H36N6OS. The number of fused-ring (bicyclic) bond motifs is 1. The molecule has 8 heteroatoms. The van der Waals surface area contributed by atoms with E-state index < -0.39 is 0 Å². The summed E-state index contributed by atoms with van der Waals surface area (Å²) in [6.45, 7) is 9.71. The van der Waals surface area contributed by atoms with Crippen LogP contribution < -0.4 is 10.6 Å². The first kappa shape index (κ1) is 25.5. The molecule has 0 saturated heterocycles. The SMILES string of the molecule is Cc1nc(NCCc2ccc(C(C)(C)C)cc2)nc(N[C@H]2CC[C@@H](CO)C2)c1-c1nc2cnccc2s1. The number of pyridine rings is 1. The molecule has 3 aromatic heterocycles. The Morgan fingerprint density at radius 3 is 2.57 bits per heavy atom. The van der Waals surface area contributed by atoms with E-state index in [1.165, 1.54) is 11.1 Å². The summed E-state index contributed by atoms with van der Waals surface area (Å²) in [5, 5.41) is 17.6. The van der Waals surface area contributed by atoms with Gasteiger partial charge in [-0.15, -0.1) is 11.3 Å². The molecule has 1 saturated carbocycles. The van der Waals surface area contributed by atoms with Crippen LogP contribution in [0.2, 0.25) is 0 Å². The summed E-state index contributed by atoms with van der Waals surface area (Å²) in [5.41, 5.74) is 5.50. The first-order valence-electron chi connectivity index (χ1n) is 13.1. The van der Waals surface area contributed by atoms with E-state index in [1.54, 1.807) is 23.7 Å². The van der Waals surface area contributed by atoms with Crippen LogP contribution in [0.25, 0.3) is 20.8 Å². The number of aryl methyl sites for hydroxylation is 1. The molecule has 2 atom stereocenters. The maximum absolute atomic E-state index is 9.62. The molecule has 1 aliphatic carbocycles. The third kappa shape index (κ3) is 5.91. The standard InChI is InChI=1S/C29H36N6OS/c1-18-25(27-34-23-16-30-13-12-24(23)37-27)26(33-22-10-7-20(15-22)17-36)35-28(32-18)31-14-11-19-5-8-21(9-6-19)29(2,3)4/h5-6,8-9,12-13,16,20,22,36H,7,10-11,14-15,17H2,1-4H3,(H2,31,32,33,35)/t20-,22+/m1/s1. The molecule has 7 nitrogen and oxygen atoms in total. The second-order valence-corrected chi connectivity index (χ2v) is 12.1. The molecule has 3 heterocycles. The number of benzene rings is 1. The van der Waals surface area contributed by atoms with Crippen molar-refractivity contribution in [1.82, 2.24) is 19.9 Å². The van der Waals surface area contributed by atoms with Gasteiger partial charge in [-0.3, -0.25) is 4.98 Å². The zero-order chi connectivity index (χ0) is 26.0. The smallest absolute Gasteiger partial charge is 0.224 e. The van der Waals surface area contributed by atoms with Crippen LogP contribution in [0.15, 0.2) is 42.7 Å². The van der Waals surface area contributed by atoms with Crippen LogP contribution >= 0.6 is 11.3 Å². The van der Waals surface area contributed by atoms with Crippen LogP contribution in [0.3, 0.4) is 0 Å². The van der Waals surface area contributed by atoms with Crippen LogP contribution in [0, 0.1) is 12.8 Å². The van der Waals surface area contributed by atoms with Gasteiger partial charge in [0.05, 0.1) is 22.2 Å². The number of aliphatic hydroxyl groups excluding tert-OH is 1. The lowest BCUT2D eigenvalue weighted by atomic mass is 9.86. The monoisotopic (exact) mass is 516 g/mol. The first-order chi connectivity index (χ1) is 17.8. The molecular weight excluding hydrogens is 480 g/mol. The van der Waals surface area contributed by atoms with Gasteiger partial charge in [0.2, 0.25) is 5.95 Å². The summed E-state index contributed by atoms with van der Waals surface area (Å²) in [6, 6.07) is 11.1. The Morgan fingerprint density at radius 2 is 1.86 bits per heavy atom. The fourth-order valence-corrected chi connectivity index (χ4v) is 5.99. The summed E-state index contributed by atoms with van der Waals surface area (Å²) < 4.78 is 1.09. The summed E-state index contributed by atoms with van der Waals surface area (Å²) in [5.74, 6) is 1.77. The lowest BCUT2D eigenvalue weighted by Crippen LogP contribution is -2.19. The van der Waals surface area contributed by atoms with Gasteiger partial charge in [-0.25, -0.2) is 9.97 Å². The van der Waals surface area contributed by atoms with Crippen LogP contribution in [0.5, 0.6) is 0 Å². The Labute approximate surface area is 222 Å². The Hall–Kier alpha value is -3.10. The number of aliphatic hydroxyl groups is 1. The first-order valence-corrected chi connectivity index (χ1v) is 13.9. The second kappa shape index (κ2) is 10.7. The molecule has 1 aliphatic rings. The van der Waals surface area contributed by atoms with Crippen molar-refractivity contribution in [2.45, 2.75) is 64.8 Å². The van der Waals surface area contributed by atoms with E-state index >= 15 is 0 Å². The molecule has 5 rings (SSSR count). The molecule has 0 amide bonds. The molecule has 1 aromatic carbocycles. The van der Waals surface area contributed by atoms with Crippen molar-refractivity contribution in [1.29, 1.82) is 0 Å². The zero-order valence-electron chi connectivity index (χ0n) is 22.1. The predicted octanol–water partition coefficient (Wildman–Crippen LogP) is 5.98. The fraction of sp³-hybridized carbons (Fsp3) is 0.448. The lowest BCUT2D eigenvalue weighted by Gasteiger charge is -2.19. The van der Waals surface area contributed by atoms with Crippen molar-refractivity contribution >= 4 is 33.3 Å². The Balaban J connectivity index is 1.37. The number of hydrogen-bond acceptors (Lipinski definition) is 8. The maximum atomic E-state index is 9.62. The van der Waals surface area contributed by atoms with Gasteiger partial charge in [-0.1, -0.05) is 45.0 Å². The third-order valence-corrected chi connectivity index (χ3v) is 8.20. The van der Waals surface area contributed by atoms with Crippen LogP contribution in [0.4, 0.5) is 11.8 Å². The molecule has 4 aromatic rings. The number of anilines is 2. The number of hydrogen-bond donors (Lipinski definition) is 3. The predicted molar refractivity (Wildman–Crippen MR) is 152 cm³/mol. The van der Waals surface area contributed by atoms with Gasteiger partial charge in [0.1, 0.15) is 16.3 Å². The molecule has 0 unspecified atom stereocenters. The molecule has 0 aliphatic heterocycles. The van der Waals surface area contributed by atoms with E-state index in [9.17, 15) is 5.11 Å². The normalized spacial score (nSPS) is 17.9. The number of nitrogens with zero attached hydrogens (tertiary/aromatic N) is 4. The highest BCUT2D eigenvalue weighted by Gasteiger charge is 2.26. The van der Waals surface area contributed by atoms with Gasteiger partial charge in [-0.05, 0) is 61.1 Å². The number of rotatable bonds is 8. The summed E-state index contributed by atoms with van der Waals surface area (Å²) in [4.78, 5) is 18.8. The average Bonchev–Trinajstić information content (AvgIpc) is 3.50. The van der Waals surface area contributed by atoms with E-state index in [0.717, 1.165) is 64.5 Å². The van der Waals surface area contributed by atoms with Crippen molar-refractivity contribution in [2.24, 2.45) is 5.92 Å². The lowest BCUT2D eigenvalue weighted by molar-refractivity contribution is 0.229. The van der Waals surface area contributed by atoms with Crippen molar-refractivity contribution in [3.05, 3.63) is 59.5 Å². The van der Waals surface area contributed by atoms with Gasteiger partial charge in [0, 0.05) is 25.4 Å². The third-order valence-electron chi connectivity index (χ3n) is 7.15. The molecule has 194 valence electrons. The molecule has 0 bridgehead atoms. The van der Waals surface area contributed by atoms with E-state index in [4.69, 9.17) is 15.0 Å². The quantitative estimate of drug-likeness (QED) is 0.265. The summed E-state index contributed by atoms with van der Waals surface area (Å²) in [6.07, 6.45) is 7.47. The summed E-state index contributed by atoms with van der Waals surface area (Å²) >= 11 is 1.63. The minimum atomic E-state index is 0.156. The van der Waals surface area contributed by atoms with Crippen LogP contribution in [-0.2, 0) is 11.8 Å². The molecule has 37 heavy (non-hydrogen) atoms. The van der Waals surface area contributed by atoms with Crippen molar-refractivity contribution in [2.75, 3.05) is 23.8 Å². The molecule has 0 spiro atoms. The van der Waals surface area contributed by atoms with Gasteiger partial charge in [0.25, 0.3) is 0 Å². The van der Waals surface area contributed by atoms with Gasteiger partial charge >= 0.3 is 0 Å².